The highest BCUT2D eigenvalue weighted by atomic mass is 32.2. The molecular formula is C11H20N2O3S. The van der Waals surface area contributed by atoms with Crippen molar-refractivity contribution in [2.45, 2.75) is 38.1 Å². The van der Waals surface area contributed by atoms with Crippen LogP contribution in [0.15, 0.2) is 0 Å². The molecule has 1 N–H and O–H groups in total. The molecule has 0 saturated carbocycles. The van der Waals surface area contributed by atoms with E-state index in [1.165, 1.54) is 4.90 Å². The average Bonchev–Trinajstić information content (AvgIpc) is 2.71. The van der Waals surface area contributed by atoms with Crippen LogP contribution in [0.2, 0.25) is 0 Å². The molecule has 1 saturated heterocycles. The van der Waals surface area contributed by atoms with Gasteiger partial charge in [-0.25, -0.2) is 9.59 Å². The molecule has 1 heterocycles. The fourth-order valence-corrected chi connectivity index (χ4v) is 3.32. The van der Waals surface area contributed by atoms with Crippen LogP contribution in [0.5, 0.6) is 0 Å². The Morgan fingerprint density at radius 3 is 2.59 bits per heavy atom. The summed E-state index contributed by atoms with van der Waals surface area (Å²) in [5, 5.41) is 9.15. The number of aliphatic carboxylic acids is 1. The maximum absolute atomic E-state index is 12.2. The molecule has 1 fully saturated rings. The van der Waals surface area contributed by atoms with E-state index in [9.17, 15) is 9.59 Å². The van der Waals surface area contributed by atoms with Crippen molar-refractivity contribution in [3.8, 4) is 0 Å². The van der Waals surface area contributed by atoms with Crippen LogP contribution in [0.4, 0.5) is 4.79 Å². The number of urea groups is 1. The first-order valence-corrected chi connectivity index (χ1v) is 6.95. The van der Waals surface area contributed by atoms with Gasteiger partial charge in [0.05, 0.1) is 5.37 Å². The first kappa shape index (κ1) is 14.2. The van der Waals surface area contributed by atoms with E-state index in [-0.39, 0.29) is 11.4 Å². The van der Waals surface area contributed by atoms with Crippen LogP contribution in [0, 0.1) is 0 Å². The van der Waals surface area contributed by atoms with Gasteiger partial charge in [-0.2, -0.15) is 0 Å². The van der Waals surface area contributed by atoms with Crippen molar-refractivity contribution in [1.29, 1.82) is 0 Å². The Kier molecular flexibility index (Phi) is 5.11. The lowest BCUT2D eigenvalue weighted by atomic mass is 10.2. The average molecular weight is 260 g/mol. The summed E-state index contributed by atoms with van der Waals surface area (Å²) in [7, 11) is 1.70. The molecule has 0 bridgehead atoms. The molecule has 0 aromatic carbocycles. The predicted molar refractivity (Wildman–Crippen MR) is 68.1 cm³/mol. The third-order valence-corrected chi connectivity index (χ3v) is 4.29. The quantitative estimate of drug-likeness (QED) is 0.835. The number of rotatable bonds is 4. The summed E-state index contributed by atoms with van der Waals surface area (Å²) >= 11 is 1.57. The lowest BCUT2D eigenvalue weighted by Gasteiger charge is -2.31. The van der Waals surface area contributed by atoms with Crippen LogP contribution in [-0.4, -0.2) is 57.7 Å². The van der Waals surface area contributed by atoms with Crippen LogP contribution in [0.3, 0.4) is 0 Å². The SMILES string of the molecule is CCCC1SCC(C(=O)O)N1C(=O)N(C)CC. The zero-order valence-corrected chi connectivity index (χ0v) is 11.4. The van der Waals surface area contributed by atoms with Gasteiger partial charge >= 0.3 is 12.0 Å². The number of nitrogens with zero attached hydrogens (tertiary/aromatic N) is 2. The molecule has 0 aliphatic carbocycles. The minimum Gasteiger partial charge on any atom is -0.480 e. The van der Waals surface area contributed by atoms with Crippen LogP contribution in [0.1, 0.15) is 26.7 Å². The van der Waals surface area contributed by atoms with Gasteiger partial charge in [0, 0.05) is 19.3 Å². The second-order valence-electron chi connectivity index (χ2n) is 4.13. The Balaban J connectivity index is 2.85. The standard InChI is InChI=1S/C11H20N2O3S/c1-4-6-9-13(11(16)12(3)5-2)8(7-17-9)10(14)15/h8-9H,4-7H2,1-3H3,(H,14,15). The van der Waals surface area contributed by atoms with E-state index in [0.29, 0.717) is 12.3 Å². The number of thioether (sulfide) groups is 1. The van der Waals surface area contributed by atoms with E-state index in [2.05, 4.69) is 0 Å². The fourth-order valence-electron chi connectivity index (χ4n) is 1.81. The minimum atomic E-state index is -0.908. The van der Waals surface area contributed by atoms with E-state index in [4.69, 9.17) is 5.11 Å². The maximum atomic E-state index is 12.2. The fraction of sp³-hybridized carbons (Fsp3) is 0.818. The highest BCUT2D eigenvalue weighted by molar-refractivity contribution is 8.00. The molecule has 2 amide bonds. The molecule has 0 radical (unpaired) electrons. The monoisotopic (exact) mass is 260 g/mol. The van der Waals surface area contributed by atoms with Gasteiger partial charge in [-0.15, -0.1) is 11.8 Å². The second-order valence-corrected chi connectivity index (χ2v) is 5.35. The maximum Gasteiger partial charge on any atom is 0.327 e. The summed E-state index contributed by atoms with van der Waals surface area (Å²) in [6.07, 6.45) is 1.79. The van der Waals surface area contributed by atoms with E-state index in [1.54, 1.807) is 23.7 Å². The lowest BCUT2D eigenvalue weighted by Crippen LogP contribution is -2.50. The molecule has 1 aliphatic heterocycles. The number of carbonyl (C=O) groups is 2. The Bertz CT molecular complexity index is 298. The zero-order chi connectivity index (χ0) is 13.0. The van der Waals surface area contributed by atoms with Crippen molar-refractivity contribution < 1.29 is 14.7 Å². The molecule has 5 nitrogen and oxygen atoms in total. The Morgan fingerprint density at radius 2 is 2.12 bits per heavy atom. The Morgan fingerprint density at radius 1 is 1.47 bits per heavy atom. The second kappa shape index (κ2) is 6.14. The highest BCUT2D eigenvalue weighted by Crippen LogP contribution is 2.32. The number of amides is 2. The predicted octanol–water partition coefficient (Wildman–Crippen LogP) is 1.69. The number of carboxylic acid groups (broad SMARTS) is 1. The van der Waals surface area contributed by atoms with Crippen LogP contribution < -0.4 is 0 Å². The van der Waals surface area contributed by atoms with Gasteiger partial charge in [-0.3, -0.25) is 4.90 Å². The minimum absolute atomic E-state index is 0.00241. The summed E-state index contributed by atoms with van der Waals surface area (Å²) in [4.78, 5) is 26.4. The highest BCUT2D eigenvalue weighted by Gasteiger charge is 2.41. The van der Waals surface area contributed by atoms with Crippen molar-refractivity contribution in [2.24, 2.45) is 0 Å². The third kappa shape index (κ3) is 3.06. The molecule has 98 valence electrons. The molecule has 0 aromatic heterocycles. The van der Waals surface area contributed by atoms with Crippen molar-refractivity contribution in [3.05, 3.63) is 0 Å². The summed E-state index contributed by atoms with van der Waals surface area (Å²) in [6.45, 7) is 4.51. The van der Waals surface area contributed by atoms with Crippen LogP contribution >= 0.6 is 11.8 Å². The van der Waals surface area contributed by atoms with E-state index in [1.807, 2.05) is 13.8 Å². The van der Waals surface area contributed by atoms with Gasteiger partial charge in [0.2, 0.25) is 0 Å². The number of hydrogen-bond acceptors (Lipinski definition) is 3. The summed E-state index contributed by atoms with van der Waals surface area (Å²) < 4.78 is 0. The van der Waals surface area contributed by atoms with Crippen molar-refractivity contribution in [2.75, 3.05) is 19.3 Å². The van der Waals surface area contributed by atoms with E-state index >= 15 is 0 Å². The van der Waals surface area contributed by atoms with Gasteiger partial charge in [0.25, 0.3) is 0 Å². The van der Waals surface area contributed by atoms with E-state index < -0.39 is 12.0 Å². The Hall–Kier alpha value is -0.910. The number of carboxylic acids is 1. The van der Waals surface area contributed by atoms with Gasteiger partial charge in [0.15, 0.2) is 0 Å². The third-order valence-electron chi connectivity index (χ3n) is 2.93. The van der Waals surface area contributed by atoms with Crippen LogP contribution in [0.25, 0.3) is 0 Å². The molecule has 1 aliphatic rings. The first-order chi connectivity index (χ1) is 8.02. The molecule has 2 unspecified atom stereocenters. The Labute approximate surface area is 106 Å². The molecule has 2 atom stereocenters. The smallest absolute Gasteiger partial charge is 0.327 e. The molecule has 0 aromatic rings. The number of carbonyl (C=O) groups excluding carboxylic acids is 1. The van der Waals surface area contributed by atoms with Crippen molar-refractivity contribution in [1.82, 2.24) is 9.80 Å². The van der Waals surface area contributed by atoms with E-state index in [0.717, 1.165) is 12.8 Å². The summed E-state index contributed by atoms with van der Waals surface area (Å²) in [5.41, 5.74) is 0. The van der Waals surface area contributed by atoms with Gasteiger partial charge in [0.1, 0.15) is 6.04 Å². The van der Waals surface area contributed by atoms with Crippen molar-refractivity contribution in [3.63, 3.8) is 0 Å². The lowest BCUT2D eigenvalue weighted by molar-refractivity contribution is -0.141. The zero-order valence-electron chi connectivity index (χ0n) is 10.5. The molecule has 0 spiro atoms. The van der Waals surface area contributed by atoms with Crippen LogP contribution in [-0.2, 0) is 4.79 Å². The summed E-state index contributed by atoms with van der Waals surface area (Å²) in [6, 6.07) is -0.860. The summed E-state index contributed by atoms with van der Waals surface area (Å²) in [5.74, 6) is -0.419. The molecular weight excluding hydrogens is 240 g/mol. The largest absolute Gasteiger partial charge is 0.480 e. The first-order valence-electron chi connectivity index (χ1n) is 5.90. The van der Waals surface area contributed by atoms with Gasteiger partial charge in [-0.05, 0) is 13.3 Å². The van der Waals surface area contributed by atoms with Gasteiger partial charge in [-0.1, -0.05) is 13.3 Å². The molecule has 6 heteroatoms. The number of hydrogen-bond donors (Lipinski definition) is 1. The topological polar surface area (TPSA) is 60.9 Å². The molecule has 17 heavy (non-hydrogen) atoms. The van der Waals surface area contributed by atoms with Gasteiger partial charge < -0.3 is 10.0 Å². The van der Waals surface area contributed by atoms with Crippen molar-refractivity contribution >= 4 is 23.8 Å². The normalized spacial score (nSPS) is 23.8. The molecule has 1 rings (SSSR count).